The fourth-order valence-corrected chi connectivity index (χ4v) is 2.35. The molecule has 0 aliphatic rings. The summed E-state index contributed by atoms with van der Waals surface area (Å²) in [6.45, 7) is 16.2. The van der Waals surface area contributed by atoms with Crippen LogP contribution in [-0.2, 0) is 0 Å². The molecule has 0 heterocycles. The summed E-state index contributed by atoms with van der Waals surface area (Å²) in [6, 6.07) is 2.77. The van der Waals surface area contributed by atoms with Crippen LogP contribution >= 0.6 is 0 Å². The Morgan fingerprint density at radius 2 is 1.89 bits per heavy atom. The van der Waals surface area contributed by atoms with Crippen LogP contribution in [-0.4, -0.2) is 36.1 Å². The third-order valence-corrected chi connectivity index (χ3v) is 3.08. The van der Waals surface area contributed by atoms with Crippen LogP contribution in [0.5, 0.6) is 0 Å². The molecule has 1 unspecified atom stereocenters. The zero-order valence-corrected chi connectivity index (χ0v) is 13.1. The molecule has 1 N–H and O–H groups in total. The van der Waals surface area contributed by atoms with Crippen LogP contribution < -0.4 is 5.32 Å². The maximum absolute atomic E-state index is 9.28. The first-order valence-corrected chi connectivity index (χ1v) is 7.24. The Bertz CT molecular complexity index is 255. The Labute approximate surface area is 114 Å². The lowest BCUT2D eigenvalue weighted by molar-refractivity contribution is 0.241. The summed E-state index contributed by atoms with van der Waals surface area (Å²) in [4.78, 5) is 2.47. The van der Waals surface area contributed by atoms with Crippen molar-refractivity contribution in [2.45, 2.75) is 66.0 Å². The average Bonchev–Trinajstić information content (AvgIpc) is 2.26. The van der Waals surface area contributed by atoms with E-state index in [4.69, 9.17) is 0 Å². The number of nitrogens with one attached hydrogen (secondary N) is 1. The Morgan fingerprint density at radius 1 is 1.28 bits per heavy atom. The van der Waals surface area contributed by atoms with Gasteiger partial charge in [-0.2, -0.15) is 5.26 Å². The predicted molar refractivity (Wildman–Crippen MR) is 78.5 cm³/mol. The minimum Gasteiger partial charge on any atom is -0.303 e. The second-order valence-corrected chi connectivity index (χ2v) is 6.13. The molecule has 0 aromatic heterocycles. The number of nitriles is 1. The van der Waals surface area contributed by atoms with Crippen LogP contribution in [0.1, 0.15) is 54.4 Å². The minimum absolute atomic E-state index is 0.354. The third-order valence-electron chi connectivity index (χ3n) is 3.08. The summed E-state index contributed by atoms with van der Waals surface area (Å²) in [5.41, 5.74) is -0.384. The maximum Gasteiger partial charge on any atom is 0.104 e. The van der Waals surface area contributed by atoms with E-state index >= 15 is 0 Å². The van der Waals surface area contributed by atoms with Gasteiger partial charge in [0.1, 0.15) is 5.54 Å². The highest BCUT2D eigenvalue weighted by atomic mass is 15.1. The van der Waals surface area contributed by atoms with Gasteiger partial charge in [0.15, 0.2) is 0 Å². The van der Waals surface area contributed by atoms with E-state index in [2.05, 4.69) is 50.9 Å². The van der Waals surface area contributed by atoms with E-state index in [9.17, 15) is 5.26 Å². The summed E-state index contributed by atoms with van der Waals surface area (Å²) in [7, 11) is 0. The molecule has 1 atom stereocenters. The number of hydrogen-bond donors (Lipinski definition) is 1. The van der Waals surface area contributed by atoms with Gasteiger partial charge in [-0.1, -0.05) is 20.8 Å². The highest BCUT2D eigenvalue weighted by Crippen LogP contribution is 2.13. The summed E-state index contributed by atoms with van der Waals surface area (Å²) >= 11 is 0. The Balaban J connectivity index is 4.10. The lowest BCUT2D eigenvalue weighted by Gasteiger charge is -2.28. The molecule has 0 radical (unpaired) electrons. The Kier molecular flexibility index (Phi) is 8.22. The molecule has 0 saturated heterocycles. The quantitative estimate of drug-likeness (QED) is 0.686. The van der Waals surface area contributed by atoms with Gasteiger partial charge in [-0.3, -0.25) is 5.32 Å². The lowest BCUT2D eigenvalue weighted by Crippen LogP contribution is -2.45. The molecule has 0 bridgehead atoms. The van der Waals surface area contributed by atoms with Crippen molar-refractivity contribution in [2.75, 3.05) is 19.6 Å². The van der Waals surface area contributed by atoms with Crippen molar-refractivity contribution < 1.29 is 0 Å². The van der Waals surface area contributed by atoms with E-state index in [0.717, 1.165) is 32.5 Å². The van der Waals surface area contributed by atoms with Gasteiger partial charge in [0.05, 0.1) is 6.07 Å². The molecular weight excluding hydrogens is 222 g/mol. The smallest absolute Gasteiger partial charge is 0.104 e. The topological polar surface area (TPSA) is 39.1 Å². The van der Waals surface area contributed by atoms with Gasteiger partial charge >= 0.3 is 0 Å². The second kappa shape index (κ2) is 8.50. The van der Waals surface area contributed by atoms with Crippen LogP contribution in [0.3, 0.4) is 0 Å². The molecule has 3 nitrogen and oxygen atoms in total. The molecule has 0 aliphatic carbocycles. The van der Waals surface area contributed by atoms with Gasteiger partial charge in [-0.05, 0) is 52.6 Å². The van der Waals surface area contributed by atoms with Crippen molar-refractivity contribution in [3.63, 3.8) is 0 Å². The van der Waals surface area contributed by atoms with E-state index in [0.29, 0.717) is 12.0 Å². The molecule has 0 spiro atoms. The molecule has 0 aromatic carbocycles. The summed E-state index contributed by atoms with van der Waals surface area (Å²) in [5, 5.41) is 12.6. The molecule has 106 valence electrons. The summed E-state index contributed by atoms with van der Waals surface area (Å²) in [6.07, 6.45) is 1.99. The van der Waals surface area contributed by atoms with Crippen molar-refractivity contribution in [1.82, 2.24) is 10.2 Å². The monoisotopic (exact) mass is 253 g/mol. The molecule has 0 saturated carbocycles. The van der Waals surface area contributed by atoms with E-state index in [1.807, 2.05) is 6.92 Å². The molecular formula is C15H31N3. The largest absolute Gasteiger partial charge is 0.303 e. The van der Waals surface area contributed by atoms with Crippen molar-refractivity contribution in [2.24, 2.45) is 5.92 Å². The first kappa shape index (κ1) is 17.4. The Morgan fingerprint density at radius 3 is 2.28 bits per heavy atom. The van der Waals surface area contributed by atoms with E-state index in [1.54, 1.807) is 0 Å². The molecule has 0 aromatic rings. The number of nitrogens with zero attached hydrogens (tertiary/aromatic N) is 2. The van der Waals surface area contributed by atoms with Crippen molar-refractivity contribution in [3.05, 3.63) is 0 Å². The van der Waals surface area contributed by atoms with Crippen molar-refractivity contribution in [3.8, 4) is 6.07 Å². The molecule has 3 heteroatoms. The van der Waals surface area contributed by atoms with E-state index < -0.39 is 0 Å². The van der Waals surface area contributed by atoms with E-state index in [-0.39, 0.29) is 5.54 Å². The zero-order chi connectivity index (χ0) is 14.2. The average molecular weight is 253 g/mol. The van der Waals surface area contributed by atoms with Crippen molar-refractivity contribution in [1.29, 1.82) is 5.26 Å². The molecule has 0 rings (SSSR count). The van der Waals surface area contributed by atoms with Gasteiger partial charge in [0.25, 0.3) is 0 Å². The Hall–Kier alpha value is -0.590. The SMILES string of the molecule is CCN(CCCC(C)(C#N)NC(C)C)CC(C)C. The third kappa shape index (κ3) is 7.68. The van der Waals surface area contributed by atoms with Crippen LogP contribution in [0.4, 0.5) is 0 Å². The van der Waals surface area contributed by atoms with Crippen LogP contribution in [0.15, 0.2) is 0 Å². The van der Waals surface area contributed by atoms with E-state index in [1.165, 1.54) is 0 Å². The maximum atomic E-state index is 9.28. The molecule has 0 fully saturated rings. The van der Waals surface area contributed by atoms with Gasteiger partial charge in [-0.15, -0.1) is 0 Å². The fourth-order valence-electron chi connectivity index (χ4n) is 2.35. The molecule has 0 amide bonds. The summed E-state index contributed by atoms with van der Waals surface area (Å²) in [5.74, 6) is 0.709. The number of rotatable bonds is 9. The van der Waals surface area contributed by atoms with Crippen molar-refractivity contribution >= 4 is 0 Å². The van der Waals surface area contributed by atoms with Gasteiger partial charge in [0, 0.05) is 12.6 Å². The minimum atomic E-state index is -0.384. The zero-order valence-electron chi connectivity index (χ0n) is 13.1. The van der Waals surface area contributed by atoms with Crippen LogP contribution in [0.2, 0.25) is 0 Å². The fraction of sp³-hybridized carbons (Fsp3) is 0.933. The standard InChI is InChI=1S/C15H31N3/c1-7-18(11-13(2)3)10-8-9-15(6,12-16)17-14(4)5/h13-14,17H,7-11H2,1-6H3. The normalized spacial score (nSPS) is 15.1. The van der Waals surface area contributed by atoms with Crippen LogP contribution in [0, 0.1) is 17.2 Å². The second-order valence-electron chi connectivity index (χ2n) is 6.13. The molecule has 0 aliphatic heterocycles. The first-order chi connectivity index (χ1) is 8.33. The van der Waals surface area contributed by atoms with Gasteiger partial charge < -0.3 is 4.90 Å². The number of hydrogen-bond acceptors (Lipinski definition) is 3. The predicted octanol–water partition coefficient (Wildman–Crippen LogP) is 3.02. The first-order valence-electron chi connectivity index (χ1n) is 7.24. The van der Waals surface area contributed by atoms with Gasteiger partial charge in [0.2, 0.25) is 0 Å². The summed E-state index contributed by atoms with van der Waals surface area (Å²) < 4.78 is 0. The molecule has 18 heavy (non-hydrogen) atoms. The highest BCUT2D eigenvalue weighted by Gasteiger charge is 2.23. The van der Waals surface area contributed by atoms with Gasteiger partial charge in [-0.25, -0.2) is 0 Å². The van der Waals surface area contributed by atoms with Crippen LogP contribution in [0.25, 0.3) is 0 Å². The highest BCUT2D eigenvalue weighted by molar-refractivity contribution is 5.04. The lowest BCUT2D eigenvalue weighted by atomic mass is 9.96.